The van der Waals surface area contributed by atoms with E-state index in [1.165, 1.54) is 0 Å². The number of nitrogens with zero attached hydrogens (tertiary/aromatic N) is 1. The summed E-state index contributed by atoms with van der Waals surface area (Å²) in [5, 5.41) is 10.8. The zero-order valence-corrected chi connectivity index (χ0v) is 10.9. The van der Waals surface area contributed by atoms with Crippen LogP contribution in [0.15, 0.2) is 54.6 Å². The van der Waals surface area contributed by atoms with Gasteiger partial charge in [-0.2, -0.15) is 0 Å². The summed E-state index contributed by atoms with van der Waals surface area (Å²) >= 11 is 0. The maximum atomic E-state index is 9.72. The first-order chi connectivity index (χ1) is 9.25. The summed E-state index contributed by atoms with van der Waals surface area (Å²) in [6, 6.07) is 21.8. The molecule has 0 fully saturated rings. The van der Waals surface area contributed by atoms with E-state index in [9.17, 15) is 5.11 Å². The summed E-state index contributed by atoms with van der Waals surface area (Å²) in [5.41, 5.74) is 3.27. The van der Waals surface area contributed by atoms with Gasteiger partial charge in [0, 0.05) is 23.5 Å². The van der Waals surface area contributed by atoms with Crippen LogP contribution in [-0.2, 0) is 6.54 Å². The van der Waals surface area contributed by atoms with Crippen LogP contribution in [0.3, 0.4) is 0 Å². The van der Waals surface area contributed by atoms with Crippen molar-refractivity contribution in [2.45, 2.75) is 19.6 Å². The van der Waals surface area contributed by atoms with Gasteiger partial charge in [0.15, 0.2) is 0 Å². The molecule has 1 radical (unpaired) electrons. The second-order valence-corrected chi connectivity index (χ2v) is 4.82. The molecule has 2 heteroatoms. The average molecular weight is 250 g/mol. The van der Waals surface area contributed by atoms with Gasteiger partial charge >= 0.3 is 0 Å². The predicted octanol–water partition coefficient (Wildman–Crippen LogP) is 3.49. The molecule has 0 amide bonds. The second kappa shape index (κ2) is 4.90. The third kappa shape index (κ3) is 2.27. The molecule has 0 aliphatic heterocycles. The molecule has 3 rings (SSSR count). The van der Waals surface area contributed by atoms with Crippen LogP contribution >= 0.6 is 0 Å². The molecule has 1 heterocycles. The summed E-state index contributed by atoms with van der Waals surface area (Å²) in [6.45, 7) is 2.39. The third-order valence-electron chi connectivity index (χ3n) is 3.21. The van der Waals surface area contributed by atoms with Gasteiger partial charge in [-0.1, -0.05) is 48.5 Å². The smallest absolute Gasteiger partial charge is 0.0691 e. The number of benzene rings is 2. The number of aliphatic hydroxyl groups excluding tert-OH is 1. The molecule has 1 atom stereocenters. The van der Waals surface area contributed by atoms with Gasteiger partial charge in [0.05, 0.1) is 11.8 Å². The van der Waals surface area contributed by atoms with E-state index in [1.54, 1.807) is 0 Å². The Balaban J connectivity index is 2.23. The van der Waals surface area contributed by atoms with Gasteiger partial charge in [-0.25, -0.2) is 0 Å². The normalized spacial score (nSPS) is 12.7. The Bertz CT molecular complexity index is 683. The Hall–Kier alpha value is -2.06. The van der Waals surface area contributed by atoms with Crippen LogP contribution in [0.5, 0.6) is 0 Å². The van der Waals surface area contributed by atoms with Gasteiger partial charge in [-0.05, 0) is 18.6 Å². The summed E-state index contributed by atoms with van der Waals surface area (Å²) in [4.78, 5) is 0. The van der Waals surface area contributed by atoms with Crippen molar-refractivity contribution in [3.05, 3.63) is 60.7 Å². The highest BCUT2D eigenvalue weighted by Gasteiger charge is 2.12. The zero-order valence-electron chi connectivity index (χ0n) is 10.9. The molecule has 2 nitrogen and oxygen atoms in total. The summed E-state index contributed by atoms with van der Waals surface area (Å²) in [7, 11) is 0. The zero-order chi connectivity index (χ0) is 13.2. The number of aromatic nitrogens is 1. The van der Waals surface area contributed by atoms with Crippen molar-refractivity contribution >= 4 is 10.9 Å². The van der Waals surface area contributed by atoms with Crippen LogP contribution in [0.25, 0.3) is 22.2 Å². The van der Waals surface area contributed by atoms with E-state index in [0.29, 0.717) is 6.54 Å². The lowest BCUT2D eigenvalue weighted by Crippen LogP contribution is -2.12. The molecule has 1 N–H and O–H groups in total. The molecule has 0 bridgehead atoms. The molecule has 1 aromatic heterocycles. The maximum absolute atomic E-state index is 9.72. The fraction of sp³-hybridized carbons (Fsp3) is 0.176. The molecule has 0 spiro atoms. The van der Waals surface area contributed by atoms with Crippen molar-refractivity contribution in [3.63, 3.8) is 0 Å². The minimum absolute atomic E-state index is 0.383. The lowest BCUT2D eigenvalue weighted by Gasteiger charge is -2.12. The molecule has 1 unspecified atom stereocenters. The van der Waals surface area contributed by atoms with Crippen molar-refractivity contribution in [2.24, 2.45) is 0 Å². The first-order valence-electron chi connectivity index (χ1n) is 6.50. The van der Waals surface area contributed by atoms with Gasteiger partial charge in [0.1, 0.15) is 0 Å². The van der Waals surface area contributed by atoms with Crippen LogP contribution in [0.4, 0.5) is 0 Å². The molecular weight excluding hydrogens is 234 g/mol. The largest absolute Gasteiger partial charge is 0.392 e. The number of rotatable bonds is 3. The highest BCUT2D eigenvalue weighted by molar-refractivity contribution is 5.86. The SMILES string of the molecule is CC(O)Cn1c(-c2ccccc2)[c]c2ccccc21. The summed E-state index contributed by atoms with van der Waals surface area (Å²) in [6.07, 6.45) is -0.383. The van der Waals surface area contributed by atoms with Crippen molar-refractivity contribution in [2.75, 3.05) is 0 Å². The highest BCUT2D eigenvalue weighted by atomic mass is 16.3. The van der Waals surface area contributed by atoms with Gasteiger partial charge in [-0.3, -0.25) is 0 Å². The predicted molar refractivity (Wildman–Crippen MR) is 77.9 cm³/mol. The van der Waals surface area contributed by atoms with Crippen LogP contribution in [0, 0.1) is 6.07 Å². The van der Waals surface area contributed by atoms with Gasteiger partial charge in [-0.15, -0.1) is 0 Å². The third-order valence-corrected chi connectivity index (χ3v) is 3.21. The number of hydrogen-bond acceptors (Lipinski definition) is 1. The van der Waals surface area contributed by atoms with Gasteiger partial charge in [0.2, 0.25) is 0 Å². The quantitative estimate of drug-likeness (QED) is 0.756. The van der Waals surface area contributed by atoms with E-state index in [4.69, 9.17) is 0 Å². The van der Waals surface area contributed by atoms with Gasteiger partial charge in [0.25, 0.3) is 0 Å². The van der Waals surface area contributed by atoms with Gasteiger partial charge < -0.3 is 9.67 Å². The first kappa shape index (κ1) is 12.0. The lowest BCUT2D eigenvalue weighted by atomic mass is 10.1. The summed E-state index contributed by atoms with van der Waals surface area (Å²) < 4.78 is 2.13. The minimum Gasteiger partial charge on any atom is -0.392 e. The number of para-hydroxylation sites is 1. The van der Waals surface area contributed by atoms with E-state index < -0.39 is 0 Å². The Morgan fingerprint density at radius 1 is 1.05 bits per heavy atom. The van der Waals surface area contributed by atoms with E-state index in [1.807, 2.05) is 37.3 Å². The number of aliphatic hydroxyl groups is 1. The average Bonchev–Trinajstić information content (AvgIpc) is 2.78. The van der Waals surface area contributed by atoms with Crippen molar-refractivity contribution in [1.82, 2.24) is 4.57 Å². The second-order valence-electron chi connectivity index (χ2n) is 4.82. The molecule has 19 heavy (non-hydrogen) atoms. The fourth-order valence-corrected chi connectivity index (χ4v) is 2.41. The topological polar surface area (TPSA) is 25.2 Å². The first-order valence-corrected chi connectivity index (χ1v) is 6.50. The Kier molecular flexibility index (Phi) is 3.10. The van der Waals surface area contributed by atoms with Crippen molar-refractivity contribution < 1.29 is 5.11 Å². The number of hydrogen-bond donors (Lipinski definition) is 1. The molecule has 2 aromatic carbocycles. The summed E-state index contributed by atoms with van der Waals surface area (Å²) in [5.74, 6) is 0. The van der Waals surface area contributed by atoms with E-state index in [-0.39, 0.29) is 6.10 Å². The monoisotopic (exact) mass is 250 g/mol. The van der Waals surface area contributed by atoms with Crippen molar-refractivity contribution in [3.8, 4) is 11.3 Å². The molecule has 0 aliphatic rings. The Morgan fingerprint density at radius 2 is 1.74 bits per heavy atom. The highest BCUT2D eigenvalue weighted by Crippen LogP contribution is 2.27. The Labute approximate surface area is 112 Å². The molecular formula is C17H16NO. The van der Waals surface area contributed by atoms with E-state index in [0.717, 1.165) is 22.2 Å². The molecule has 0 saturated carbocycles. The minimum atomic E-state index is -0.383. The maximum Gasteiger partial charge on any atom is 0.0691 e. The Morgan fingerprint density at radius 3 is 2.47 bits per heavy atom. The van der Waals surface area contributed by atoms with Crippen LogP contribution in [0.2, 0.25) is 0 Å². The molecule has 0 aliphatic carbocycles. The van der Waals surface area contributed by atoms with E-state index >= 15 is 0 Å². The van der Waals surface area contributed by atoms with Crippen LogP contribution in [-0.4, -0.2) is 15.8 Å². The molecule has 0 saturated heterocycles. The molecule has 95 valence electrons. The fourth-order valence-electron chi connectivity index (χ4n) is 2.41. The van der Waals surface area contributed by atoms with Crippen LogP contribution in [0.1, 0.15) is 6.92 Å². The van der Waals surface area contributed by atoms with E-state index in [2.05, 4.69) is 34.9 Å². The van der Waals surface area contributed by atoms with Crippen molar-refractivity contribution in [1.29, 1.82) is 0 Å². The van der Waals surface area contributed by atoms with Crippen LogP contribution < -0.4 is 0 Å². The molecule has 3 aromatic rings. The lowest BCUT2D eigenvalue weighted by molar-refractivity contribution is 0.176. The number of fused-ring (bicyclic) bond motifs is 1. The standard InChI is InChI=1S/C17H16NO/c1-13(19)12-18-16-10-6-5-9-15(16)11-17(18)14-7-3-2-4-8-14/h2-10,13,19H,12H2,1H3.